The van der Waals surface area contributed by atoms with E-state index in [0.717, 1.165) is 16.7 Å². The first-order valence-corrected chi connectivity index (χ1v) is 6.48. The zero-order chi connectivity index (χ0) is 14.1. The van der Waals surface area contributed by atoms with E-state index < -0.39 is 0 Å². The quantitative estimate of drug-likeness (QED) is 0.760. The zero-order valence-electron chi connectivity index (χ0n) is 10.1. The van der Waals surface area contributed by atoms with Crippen molar-refractivity contribution in [2.24, 2.45) is 0 Å². The molecule has 2 aromatic heterocycles. The molecule has 0 bridgehead atoms. The molecule has 0 aliphatic carbocycles. The number of nitrogens with one attached hydrogen (secondary N) is 1. The highest BCUT2D eigenvalue weighted by Crippen LogP contribution is 2.35. The van der Waals surface area contributed by atoms with Crippen LogP contribution in [0, 0.1) is 0 Å². The highest BCUT2D eigenvalue weighted by atomic mass is 35.5. The Morgan fingerprint density at radius 3 is 2.65 bits per heavy atom. The molecule has 0 fully saturated rings. The van der Waals surface area contributed by atoms with Gasteiger partial charge in [-0.3, -0.25) is 5.10 Å². The Morgan fingerprint density at radius 1 is 1.10 bits per heavy atom. The number of aromatic nitrogens is 4. The van der Waals surface area contributed by atoms with Crippen LogP contribution in [0.25, 0.3) is 22.4 Å². The maximum absolute atomic E-state index is 6.24. The van der Waals surface area contributed by atoms with Crippen LogP contribution in [0.5, 0.6) is 0 Å². The lowest BCUT2D eigenvalue weighted by Crippen LogP contribution is -1.98. The summed E-state index contributed by atoms with van der Waals surface area (Å²) in [6, 6.07) is 5.21. The summed E-state index contributed by atoms with van der Waals surface area (Å²) in [7, 11) is 0. The van der Waals surface area contributed by atoms with Gasteiger partial charge < -0.3 is 5.73 Å². The average molecular weight is 306 g/mol. The lowest BCUT2D eigenvalue weighted by molar-refractivity contribution is 1.09. The minimum Gasteiger partial charge on any atom is -0.368 e. The predicted molar refractivity (Wildman–Crippen MR) is 79.5 cm³/mol. The molecule has 0 atom stereocenters. The van der Waals surface area contributed by atoms with Crippen LogP contribution >= 0.6 is 23.2 Å². The van der Waals surface area contributed by atoms with Crippen LogP contribution in [0.1, 0.15) is 0 Å². The lowest BCUT2D eigenvalue weighted by atomic mass is 10.0. The summed E-state index contributed by atoms with van der Waals surface area (Å²) in [6.07, 6.45) is 5.08. The molecule has 0 unspecified atom stereocenters. The van der Waals surface area contributed by atoms with Gasteiger partial charge in [0, 0.05) is 34.1 Å². The van der Waals surface area contributed by atoms with Crippen LogP contribution in [0.2, 0.25) is 10.0 Å². The Bertz CT molecular complexity index is 755. The number of nitrogens with zero attached hydrogens (tertiary/aromatic N) is 3. The Kier molecular flexibility index (Phi) is 3.30. The van der Waals surface area contributed by atoms with Gasteiger partial charge in [0.2, 0.25) is 5.95 Å². The van der Waals surface area contributed by atoms with E-state index in [1.165, 1.54) is 0 Å². The molecule has 3 aromatic rings. The van der Waals surface area contributed by atoms with Crippen molar-refractivity contribution in [3.63, 3.8) is 0 Å². The van der Waals surface area contributed by atoms with Gasteiger partial charge in [-0.1, -0.05) is 23.2 Å². The highest BCUT2D eigenvalue weighted by Gasteiger charge is 2.14. The molecule has 2 heterocycles. The van der Waals surface area contributed by atoms with Crippen LogP contribution in [-0.4, -0.2) is 20.2 Å². The molecule has 0 aliphatic rings. The van der Waals surface area contributed by atoms with Crippen molar-refractivity contribution in [1.29, 1.82) is 0 Å². The van der Waals surface area contributed by atoms with Gasteiger partial charge in [-0.2, -0.15) is 5.10 Å². The smallest absolute Gasteiger partial charge is 0.220 e. The number of halogens is 2. The molecule has 3 N–H and O–H groups in total. The number of H-pyrrole nitrogens is 1. The van der Waals surface area contributed by atoms with Gasteiger partial charge in [0.25, 0.3) is 0 Å². The molecule has 1 aromatic carbocycles. The van der Waals surface area contributed by atoms with Gasteiger partial charge in [-0.15, -0.1) is 0 Å². The Hall–Kier alpha value is -2.11. The van der Waals surface area contributed by atoms with E-state index in [4.69, 9.17) is 28.9 Å². The topological polar surface area (TPSA) is 80.5 Å². The molecule has 7 heteroatoms. The third-order valence-electron chi connectivity index (χ3n) is 2.80. The number of aromatic amines is 1. The second-order valence-electron chi connectivity index (χ2n) is 4.10. The monoisotopic (exact) mass is 305 g/mol. The van der Waals surface area contributed by atoms with Crippen molar-refractivity contribution in [2.45, 2.75) is 0 Å². The highest BCUT2D eigenvalue weighted by molar-refractivity contribution is 6.36. The molecule has 3 rings (SSSR count). The fourth-order valence-corrected chi connectivity index (χ4v) is 2.39. The Balaban J connectivity index is 2.24. The molecule has 0 aliphatic heterocycles. The van der Waals surface area contributed by atoms with Crippen molar-refractivity contribution in [1.82, 2.24) is 20.2 Å². The van der Waals surface area contributed by atoms with Gasteiger partial charge in [0.15, 0.2) is 0 Å². The van der Waals surface area contributed by atoms with Crippen molar-refractivity contribution >= 4 is 29.2 Å². The average Bonchev–Trinajstić information content (AvgIpc) is 2.92. The molecular formula is C13H9Cl2N5. The lowest BCUT2D eigenvalue weighted by Gasteiger charge is -2.09. The molecule has 0 saturated carbocycles. The normalized spacial score (nSPS) is 10.7. The number of rotatable bonds is 2. The van der Waals surface area contributed by atoms with Crippen molar-refractivity contribution in [3.05, 3.63) is 46.8 Å². The maximum Gasteiger partial charge on any atom is 0.220 e. The van der Waals surface area contributed by atoms with E-state index in [1.54, 1.807) is 36.8 Å². The van der Waals surface area contributed by atoms with E-state index in [0.29, 0.717) is 15.7 Å². The summed E-state index contributed by atoms with van der Waals surface area (Å²) >= 11 is 12.2. The molecule has 100 valence electrons. The molecule has 0 saturated heterocycles. The summed E-state index contributed by atoms with van der Waals surface area (Å²) < 4.78 is 0. The first kappa shape index (κ1) is 12.9. The molecular weight excluding hydrogens is 297 g/mol. The largest absolute Gasteiger partial charge is 0.368 e. The van der Waals surface area contributed by atoms with Gasteiger partial charge in [0.1, 0.15) is 0 Å². The van der Waals surface area contributed by atoms with Gasteiger partial charge in [-0.25, -0.2) is 9.97 Å². The second kappa shape index (κ2) is 5.11. The van der Waals surface area contributed by atoms with Crippen molar-refractivity contribution < 1.29 is 0 Å². The maximum atomic E-state index is 6.24. The Labute approximate surface area is 124 Å². The van der Waals surface area contributed by atoms with E-state index in [-0.39, 0.29) is 5.95 Å². The van der Waals surface area contributed by atoms with E-state index in [1.807, 2.05) is 0 Å². The van der Waals surface area contributed by atoms with Crippen LogP contribution in [0.15, 0.2) is 36.8 Å². The molecule has 0 amide bonds. The number of benzene rings is 1. The number of hydrogen-bond acceptors (Lipinski definition) is 4. The zero-order valence-corrected chi connectivity index (χ0v) is 11.7. The molecule has 0 spiro atoms. The van der Waals surface area contributed by atoms with Crippen LogP contribution in [-0.2, 0) is 0 Å². The molecule has 5 nitrogen and oxygen atoms in total. The number of hydrogen-bond donors (Lipinski definition) is 2. The SMILES string of the molecule is Nc1ncc(-c2cn[nH]c2)c(-c2ccc(Cl)cc2Cl)n1. The molecule has 0 radical (unpaired) electrons. The summed E-state index contributed by atoms with van der Waals surface area (Å²) in [5, 5.41) is 7.74. The second-order valence-corrected chi connectivity index (χ2v) is 4.95. The van der Waals surface area contributed by atoms with Crippen LogP contribution in [0.3, 0.4) is 0 Å². The fraction of sp³-hybridized carbons (Fsp3) is 0. The van der Waals surface area contributed by atoms with Crippen molar-refractivity contribution in [2.75, 3.05) is 5.73 Å². The van der Waals surface area contributed by atoms with Crippen LogP contribution < -0.4 is 5.73 Å². The van der Waals surface area contributed by atoms with Crippen molar-refractivity contribution in [3.8, 4) is 22.4 Å². The molecule has 20 heavy (non-hydrogen) atoms. The minimum atomic E-state index is 0.179. The van der Waals surface area contributed by atoms with Crippen LogP contribution in [0.4, 0.5) is 5.95 Å². The summed E-state index contributed by atoms with van der Waals surface area (Å²) in [5.74, 6) is 0.179. The third kappa shape index (κ3) is 2.33. The number of nitrogens with two attached hydrogens (primary N) is 1. The third-order valence-corrected chi connectivity index (χ3v) is 3.35. The first-order chi connectivity index (χ1) is 9.65. The van der Waals surface area contributed by atoms with Gasteiger partial charge >= 0.3 is 0 Å². The van der Waals surface area contributed by atoms with E-state index >= 15 is 0 Å². The summed E-state index contributed by atoms with van der Waals surface area (Å²) in [5.41, 5.74) is 8.70. The summed E-state index contributed by atoms with van der Waals surface area (Å²) in [6.45, 7) is 0. The summed E-state index contributed by atoms with van der Waals surface area (Å²) in [4.78, 5) is 8.31. The standard InChI is InChI=1S/C13H9Cl2N5/c14-8-1-2-9(11(15)3-8)12-10(6-17-13(16)20-12)7-4-18-19-5-7/h1-6H,(H,18,19)(H2,16,17,20). The number of nitrogen functional groups attached to an aromatic ring is 1. The van der Waals surface area contributed by atoms with E-state index in [2.05, 4.69) is 20.2 Å². The first-order valence-electron chi connectivity index (χ1n) is 5.72. The predicted octanol–water partition coefficient (Wildman–Crippen LogP) is 3.42. The fourth-order valence-electron chi connectivity index (χ4n) is 1.89. The van der Waals surface area contributed by atoms with E-state index in [9.17, 15) is 0 Å². The minimum absolute atomic E-state index is 0.179. The Morgan fingerprint density at radius 2 is 1.95 bits per heavy atom. The van der Waals surface area contributed by atoms with Gasteiger partial charge in [0.05, 0.1) is 16.9 Å². The number of anilines is 1. The van der Waals surface area contributed by atoms with Gasteiger partial charge in [-0.05, 0) is 18.2 Å².